The summed E-state index contributed by atoms with van der Waals surface area (Å²) in [4.78, 5) is 23.8. The number of ether oxygens (including phenoxy) is 1. The van der Waals surface area contributed by atoms with Crippen molar-refractivity contribution in [1.29, 1.82) is 0 Å². The standard InChI is InChI=1S/C15H22O4/c1-19-14(18)15(9-5-2-6-10-15)12-8-4-3-7-11(12)13(16)17/h2-10H2,1H3,(H,16,17). The van der Waals surface area contributed by atoms with Crippen molar-refractivity contribution in [2.24, 2.45) is 5.41 Å². The van der Waals surface area contributed by atoms with Crippen molar-refractivity contribution in [3.63, 3.8) is 0 Å². The molecule has 4 heteroatoms. The Kier molecular flexibility index (Phi) is 4.27. The third-order valence-electron chi connectivity index (χ3n) is 4.59. The third-order valence-corrected chi connectivity index (χ3v) is 4.59. The molecule has 1 fully saturated rings. The van der Waals surface area contributed by atoms with Gasteiger partial charge in [-0.3, -0.25) is 4.79 Å². The van der Waals surface area contributed by atoms with Gasteiger partial charge in [0.2, 0.25) is 0 Å². The van der Waals surface area contributed by atoms with Crippen LogP contribution in [0.2, 0.25) is 0 Å². The zero-order chi connectivity index (χ0) is 13.9. The predicted octanol–water partition coefficient (Wildman–Crippen LogP) is 3.07. The normalized spacial score (nSPS) is 23.0. The van der Waals surface area contributed by atoms with Crippen molar-refractivity contribution in [2.75, 3.05) is 7.11 Å². The van der Waals surface area contributed by atoms with Crippen LogP contribution in [0.3, 0.4) is 0 Å². The molecule has 0 spiro atoms. The van der Waals surface area contributed by atoms with E-state index in [9.17, 15) is 14.7 Å². The molecule has 2 rings (SSSR count). The zero-order valence-electron chi connectivity index (χ0n) is 11.5. The van der Waals surface area contributed by atoms with Crippen LogP contribution >= 0.6 is 0 Å². The van der Waals surface area contributed by atoms with Crippen LogP contribution in [0.15, 0.2) is 11.1 Å². The van der Waals surface area contributed by atoms with Crippen LogP contribution < -0.4 is 0 Å². The number of esters is 1. The molecule has 106 valence electrons. The molecule has 0 atom stereocenters. The lowest BCUT2D eigenvalue weighted by atomic mass is 9.65. The van der Waals surface area contributed by atoms with Crippen LogP contribution in [0.25, 0.3) is 0 Å². The first-order chi connectivity index (χ1) is 9.12. The minimum absolute atomic E-state index is 0.233. The molecular formula is C15H22O4. The fourth-order valence-corrected chi connectivity index (χ4v) is 3.65. The maximum atomic E-state index is 12.3. The largest absolute Gasteiger partial charge is 0.478 e. The van der Waals surface area contributed by atoms with Crippen LogP contribution in [0.5, 0.6) is 0 Å². The van der Waals surface area contributed by atoms with Crippen LogP contribution in [-0.2, 0) is 14.3 Å². The second-order valence-corrected chi connectivity index (χ2v) is 5.60. The van der Waals surface area contributed by atoms with Crippen LogP contribution in [0.4, 0.5) is 0 Å². The Morgan fingerprint density at radius 3 is 2.26 bits per heavy atom. The van der Waals surface area contributed by atoms with E-state index in [-0.39, 0.29) is 5.97 Å². The predicted molar refractivity (Wildman–Crippen MR) is 70.7 cm³/mol. The molecule has 0 saturated heterocycles. The fourth-order valence-electron chi connectivity index (χ4n) is 3.65. The van der Waals surface area contributed by atoms with Gasteiger partial charge in [0.05, 0.1) is 12.5 Å². The van der Waals surface area contributed by atoms with Crippen LogP contribution in [-0.4, -0.2) is 24.2 Å². The molecule has 0 aromatic carbocycles. The summed E-state index contributed by atoms with van der Waals surface area (Å²) in [6.07, 6.45) is 7.76. The van der Waals surface area contributed by atoms with E-state index in [2.05, 4.69) is 0 Å². The van der Waals surface area contributed by atoms with Gasteiger partial charge in [0.1, 0.15) is 0 Å². The summed E-state index contributed by atoms with van der Waals surface area (Å²) in [5.41, 5.74) is 0.678. The number of rotatable bonds is 3. The maximum absolute atomic E-state index is 12.3. The molecule has 2 aliphatic rings. The molecule has 0 amide bonds. The average molecular weight is 266 g/mol. The summed E-state index contributed by atoms with van der Waals surface area (Å²) in [7, 11) is 1.41. The van der Waals surface area contributed by atoms with Crippen LogP contribution in [0, 0.1) is 5.41 Å². The van der Waals surface area contributed by atoms with Crippen LogP contribution in [0.1, 0.15) is 57.8 Å². The first-order valence-corrected chi connectivity index (χ1v) is 7.16. The highest BCUT2D eigenvalue weighted by Gasteiger charge is 2.46. The van der Waals surface area contributed by atoms with Crippen molar-refractivity contribution < 1.29 is 19.4 Å². The van der Waals surface area contributed by atoms with Gasteiger partial charge in [-0.25, -0.2) is 4.79 Å². The maximum Gasteiger partial charge on any atom is 0.331 e. The summed E-state index contributed by atoms with van der Waals surface area (Å²) in [6.45, 7) is 0. The van der Waals surface area contributed by atoms with Crippen molar-refractivity contribution in [2.45, 2.75) is 57.8 Å². The first kappa shape index (κ1) is 14.1. The summed E-state index contributed by atoms with van der Waals surface area (Å²) in [6, 6.07) is 0. The number of hydrogen-bond donors (Lipinski definition) is 1. The topological polar surface area (TPSA) is 63.6 Å². The van der Waals surface area contributed by atoms with Crippen molar-refractivity contribution in [3.8, 4) is 0 Å². The van der Waals surface area contributed by atoms with E-state index >= 15 is 0 Å². The van der Waals surface area contributed by atoms with E-state index in [1.165, 1.54) is 7.11 Å². The molecule has 1 N–H and O–H groups in total. The monoisotopic (exact) mass is 266 g/mol. The number of carbonyl (C=O) groups is 2. The van der Waals surface area contributed by atoms with E-state index in [0.717, 1.165) is 56.9 Å². The Balaban J connectivity index is 2.46. The molecule has 0 heterocycles. The Morgan fingerprint density at radius 2 is 1.68 bits per heavy atom. The highest BCUT2D eigenvalue weighted by atomic mass is 16.5. The highest BCUT2D eigenvalue weighted by Crippen LogP contribution is 2.48. The van der Waals surface area contributed by atoms with E-state index in [0.29, 0.717) is 12.0 Å². The SMILES string of the molecule is COC(=O)C1(C2=C(C(=O)O)CCCC2)CCCCC1. The van der Waals surface area contributed by atoms with E-state index in [1.807, 2.05) is 0 Å². The molecule has 0 aliphatic heterocycles. The Bertz CT molecular complexity index is 402. The van der Waals surface area contributed by atoms with Gasteiger partial charge in [-0.2, -0.15) is 0 Å². The number of carbonyl (C=O) groups excluding carboxylic acids is 1. The fraction of sp³-hybridized carbons (Fsp3) is 0.733. The van der Waals surface area contributed by atoms with E-state index in [4.69, 9.17) is 4.74 Å². The summed E-state index contributed by atoms with van der Waals surface area (Å²) >= 11 is 0. The van der Waals surface area contributed by atoms with Gasteiger partial charge in [0.25, 0.3) is 0 Å². The second kappa shape index (κ2) is 5.76. The smallest absolute Gasteiger partial charge is 0.331 e. The van der Waals surface area contributed by atoms with Gasteiger partial charge in [-0.1, -0.05) is 19.3 Å². The minimum Gasteiger partial charge on any atom is -0.478 e. The number of hydrogen-bond acceptors (Lipinski definition) is 3. The first-order valence-electron chi connectivity index (χ1n) is 7.16. The zero-order valence-corrected chi connectivity index (χ0v) is 11.5. The number of aliphatic carboxylic acids is 1. The van der Waals surface area contributed by atoms with Gasteiger partial charge in [-0.15, -0.1) is 0 Å². The highest BCUT2D eigenvalue weighted by molar-refractivity contribution is 5.91. The number of carboxylic acids is 1. The minimum atomic E-state index is -0.858. The molecule has 0 bridgehead atoms. The number of methoxy groups -OCH3 is 1. The summed E-state index contributed by atoms with van der Waals surface area (Å²) in [5, 5.41) is 9.40. The second-order valence-electron chi connectivity index (χ2n) is 5.60. The molecule has 1 saturated carbocycles. The molecule has 0 aromatic rings. The van der Waals surface area contributed by atoms with Crippen molar-refractivity contribution >= 4 is 11.9 Å². The third kappa shape index (κ3) is 2.53. The van der Waals surface area contributed by atoms with E-state index < -0.39 is 11.4 Å². The van der Waals surface area contributed by atoms with Crippen molar-refractivity contribution in [1.82, 2.24) is 0 Å². The van der Waals surface area contributed by atoms with Gasteiger partial charge >= 0.3 is 11.9 Å². The van der Waals surface area contributed by atoms with Gasteiger partial charge in [0.15, 0.2) is 0 Å². The number of carboxylic acid groups (broad SMARTS) is 1. The Labute approximate surface area is 113 Å². The average Bonchev–Trinajstić information content (AvgIpc) is 2.47. The molecule has 0 aromatic heterocycles. The van der Waals surface area contributed by atoms with Crippen molar-refractivity contribution in [3.05, 3.63) is 11.1 Å². The van der Waals surface area contributed by atoms with E-state index in [1.54, 1.807) is 0 Å². The van der Waals surface area contributed by atoms with Gasteiger partial charge in [0, 0.05) is 5.57 Å². The van der Waals surface area contributed by atoms with Gasteiger partial charge in [-0.05, 0) is 44.1 Å². The molecule has 0 unspecified atom stereocenters. The summed E-state index contributed by atoms with van der Waals surface area (Å²) < 4.78 is 5.01. The quantitative estimate of drug-likeness (QED) is 0.797. The lowest BCUT2D eigenvalue weighted by molar-refractivity contribution is -0.152. The van der Waals surface area contributed by atoms with Gasteiger partial charge < -0.3 is 9.84 Å². The lowest BCUT2D eigenvalue weighted by Crippen LogP contribution is -2.38. The summed E-state index contributed by atoms with van der Waals surface area (Å²) in [5.74, 6) is -1.09. The Morgan fingerprint density at radius 1 is 1.05 bits per heavy atom. The lowest BCUT2D eigenvalue weighted by Gasteiger charge is -2.39. The molecule has 19 heavy (non-hydrogen) atoms. The molecule has 2 aliphatic carbocycles. The molecular weight excluding hydrogens is 244 g/mol. The molecule has 4 nitrogen and oxygen atoms in total. The Hall–Kier alpha value is -1.32. The molecule has 0 radical (unpaired) electrons.